The van der Waals surface area contributed by atoms with Crippen molar-refractivity contribution < 1.29 is 15.0 Å². The molecule has 0 saturated heterocycles. The highest BCUT2D eigenvalue weighted by atomic mass is 35.5. The maximum atomic E-state index is 10.6. The first kappa shape index (κ1) is 10.5. The summed E-state index contributed by atoms with van der Waals surface area (Å²) in [6.45, 7) is 0. The number of aromatic amines is 1. The zero-order chi connectivity index (χ0) is 11.7. The van der Waals surface area contributed by atoms with Crippen molar-refractivity contribution in [3.05, 3.63) is 35.0 Å². The Morgan fingerprint density at radius 1 is 1.38 bits per heavy atom. The molecule has 3 N–H and O–H groups in total. The van der Waals surface area contributed by atoms with Crippen LogP contribution in [0.25, 0.3) is 11.3 Å². The number of hydrogen-bond donors (Lipinski definition) is 3. The largest absolute Gasteiger partial charge is 0.507 e. The van der Waals surface area contributed by atoms with Crippen LogP contribution in [0.5, 0.6) is 5.75 Å². The minimum atomic E-state index is -1.11. The standard InChI is InChI=1S/C10H7ClN2O3/c11-5-1-2-9(14)6(3-5)7-4-8(10(15)16)13-12-7/h1-4,14H,(H,12,13)(H,15,16). The summed E-state index contributed by atoms with van der Waals surface area (Å²) in [5, 5.41) is 24.9. The van der Waals surface area contributed by atoms with E-state index in [4.69, 9.17) is 16.7 Å². The van der Waals surface area contributed by atoms with Gasteiger partial charge in [-0.05, 0) is 24.3 Å². The minimum absolute atomic E-state index is 0.00663. The Labute approximate surface area is 95.3 Å². The molecule has 0 bridgehead atoms. The van der Waals surface area contributed by atoms with E-state index in [2.05, 4.69) is 10.2 Å². The van der Waals surface area contributed by atoms with Gasteiger partial charge >= 0.3 is 5.97 Å². The molecule has 0 aliphatic heterocycles. The average molecular weight is 239 g/mol. The molecule has 16 heavy (non-hydrogen) atoms. The van der Waals surface area contributed by atoms with Gasteiger partial charge in [0.2, 0.25) is 0 Å². The highest BCUT2D eigenvalue weighted by Crippen LogP contribution is 2.30. The number of aromatic carboxylic acids is 1. The van der Waals surface area contributed by atoms with E-state index in [0.29, 0.717) is 16.3 Å². The molecule has 0 radical (unpaired) electrons. The highest BCUT2D eigenvalue weighted by molar-refractivity contribution is 6.30. The smallest absolute Gasteiger partial charge is 0.353 e. The Morgan fingerprint density at radius 3 is 2.75 bits per heavy atom. The SMILES string of the molecule is O=C(O)c1cc(-c2cc(Cl)ccc2O)n[nH]1. The number of nitrogens with zero attached hydrogens (tertiary/aromatic N) is 1. The van der Waals surface area contributed by atoms with Crippen molar-refractivity contribution in [3.8, 4) is 17.0 Å². The molecule has 0 aliphatic rings. The van der Waals surface area contributed by atoms with E-state index < -0.39 is 5.97 Å². The van der Waals surface area contributed by atoms with Crippen LogP contribution in [0, 0.1) is 0 Å². The molecule has 0 saturated carbocycles. The molecular weight excluding hydrogens is 232 g/mol. The molecule has 0 fully saturated rings. The summed E-state index contributed by atoms with van der Waals surface area (Å²) in [4.78, 5) is 10.6. The van der Waals surface area contributed by atoms with E-state index in [0.717, 1.165) is 0 Å². The number of aromatic nitrogens is 2. The Bertz CT molecular complexity index is 551. The summed E-state index contributed by atoms with van der Waals surface area (Å²) < 4.78 is 0. The Balaban J connectivity index is 2.50. The fourth-order valence-electron chi connectivity index (χ4n) is 1.28. The number of hydrogen-bond acceptors (Lipinski definition) is 3. The van der Waals surface area contributed by atoms with Gasteiger partial charge in [0.15, 0.2) is 0 Å². The summed E-state index contributed by atoms with van der Waals surface area (Å²) >= 11 is 5.77. The Hall–Kier alpha value is -2.01. The summed E-state index contributed by atoms with van der Waals surface area (Å²) in [7, 11) is 0. The maximum absolute atomic E-state index is 10.6. The van der Waals surface area contributed by atoms with Crippen LogP contribution in [-0.4, -0.2) is 26.4 Å². The van der Waals surface area contributed by atoms with Gasteiger partial charge in [0.05, 0.1) is 5.69 Å². The number of phenolic OH excluding ortho intramolecular Hbond substituents is 1. The molecule has 0 unspecified atom stereocenters. The number of carbonyl (C=O) groups is 1. The lowest BCUT2D eigenvalue weighted by atomic mass is 10.1. The number of phenols is 1. The summed E-state index contributed by atoms with van der Waals surface area (Å²) in [5.41, 5.74) is 0.669. The summed E-state index contributed by atoms with van der Waals surface area (Å²) in [6.07, 6.45) is 0. The third-order valence-corrected chi connectivity index (χ3v) is 2.28. The third-order valence-electron chi connectivity index (χ3n) is 2.04. The number of aromatic hydroxyl groups is 1. The molecule has 1 aromatic carbocycles. The molecule has 0 atom stereocenters. The number of rotatable bonds is 2. The number of nitrogens with one attached hydrogen (secondary N) is 1. The molecule has 1 aromatic heterocycles. The molecular formula is C10H7ClN2O3. The van der Waals surface area contributed by atoms with Crippen molar-refractivity contribution in [1.29, 1.82) is 0 Å². The average Bonchev–Trinajstić information content (AvgIpc) is 2.70. The van der Waals surface area contributed by atoms with Crippen LogP contribution >= 0.6 is 11.6 Å². The number of halogens is 1. The first-order chi connectivity index (χ1) is 7.58. The quantitative estimate of drug-likeness (QED) is 0.748. The van der Waals surface area contributed by atoms with Crippen molar-refractivity contribution in [2.24, 2.45) is 0 Å². The number of carboxylic acids is 1. The van der Waals surface area contributed by atoms with Crippen LogP contribution in [-0.2, 0) is 0 Å². The van der Waals surface area contributed by atoms with Crippen molar-refractivity contribution in [3.63, 3.8) is 0 Å². The third kappa shape index (κ3) is 1.85. The molecule has 0 spiro atoms. The van der Waals surface area contributed by atoms with Gasteiger partial charge in [0.25, 0.3) is 0 Å². The van der Waals surface area contributed by atoms with Gasteiger partial charge in [-0.15, -0.1) is 0 Å². The van der Waals surface area contributed by atoms with Gasteiger partial charge in [-0.25, -0.2) is 4.79 Å². The minimum Gasteiger partial charge on any atom is -0.507 e. The van der Waals surface area contributed by atoms with Crippen LogP contribution in [0.3, 0.4) is 0 Å². The molecule has 1 heterocycles. The van der Waals surface area contributed by atoms with E-state index in [9.17, 15) is 9.90 Å². The first-order valence-corrected chi connectivity index (χ1v) is 4.73. The van der Waals surface area contributed by atoms with Gasteiger partial charge in [-0.1, -0.05) is 11.6 Å². The molecule has 5 nitrogen and oxygen atoms in total. The highest BCUT2D eigenvalue weighted by Gasteiger charge is 2.12. The van der Waals surface area contributed by atoms with Gasteiger partial charge in [0, 0.05) is 10.6 Å². The molecule has 6 heteroatoms. The monoisotopic (exact) mass is 238 g/mol. The fraction of sp³-hybridized carbons (Fsp3) is 0. The zero-order valence-corrected chi connectivity index (χ0v) is 8.69. The van der Waals surface area contributed by atoms with Crippen LogP contribution in [0.15, 0.2) is 24.3 Å². The van der Waals surface area contributed by atoms with Gasteiger partial charge in [-0.3, -0.25) is 5.10 Å². The lowest BCUT2D eigenvalue weighted by molar-refractivity contribution is 0.0690. The zero-order valence-electron chi connectivity index (χ0n) is 7.94. The van der Waals surface area contributed by atoms with Crippen LogP contribution < -0.4 is 0 Å². The predicted octanol–water partition coefficient (Wildman–Crippen LogP) is 2.13. The Morgan fingerprint density at radius 2 is 2.12 bits per heavy atom. The molecule has 2 aromatic rings. The van der Waals surface area contributed by atoms with E-state index in [1.54, 1.807) is 0 Å². The predicted molar refractivity (Wildman–Crippen MR) is 57.7 cm³/mol. The molecule has 0 amide bonds. The summed E-state index contributed by atoms with van der Waals surface area (Å²) in [5.74, 6) is -1.12. The van der Waals surface area contributed by atoms with Gasteiger partial charge < -0.3 is 10.2 Å². The molecule has 82 valence electrons. The van der Waals surface area contributed by atoms with Crippen LogP contribution in [0.2, 0.25) is 5.02 Å². The second kappa shape index (κ2) is 3.86. The van der Waals surface area contributed by atoms with E-state index in [1.807, 2.05) is 0 Å². The van der Waals surface area contributed by atoms with E-state index in [-0.39, 0.29) is 11.4 Å². The topological polar surface area (TPSA) is 86.2 Å². The summed E-state index contributed by atoms with van der Waals surface area (Å²) in [6, 6.07) is 5.80. The lowest BCUT2D eigenvalue weighted by Gasteiger charge is -2.00. The van der Waals surface area contributed by atoms with Crippen molar-refractivity contribution >= 4 is 17.6 Å². The van der Waals surface area contributed by atoms with Crippen molar-refractivity contribution in [2.75, 3.05) is 0 Å². The van der Waals surface area contributed by atoms with Gasteiger partial charge in [0.1, 0.15) is 11.4 Å². The van der Waals surface area contributed by atoms with Crippen LogP contribution in [0.4, 0.5) is 0 Å². The normalized spacial score (nSPS) is 10.3. The van der Waals surface area contributed by atoms with E-state index in [1.165, 1.54) is 24.3 Å². The molecule has 2 rings (SSSR count). The van der Waals surface area contributed by atoms with Crippen LogP contribution in [0.1, 0.15) is 10.5 Å². The van der Waals surface area contributed by atoms with Gasteiger partial charge in [-0.2, -0.15) is 5.10 Å². The first-order valence-electron chi connectivity index (χ1n) is 4.35. The Kier molecular flexibility index (Phi) is 2.54. The van der Waals surface area contributed by atoms with Crippen molar-refractivity contribution in [1.82, 2.24) is 10.2 Å². The second-order valence-corrected chi connectivity index (χ2v) is 3.57. The van der Waals surface area contributed by atoms with E-state index >= 15 is 0 Å². The number of H-pyrrole nitrogens is 1. The number of benzene rings is 1. The maximum Gasteiger partial charge on any atom is 0.353 e. The number of carboxylic acid groups (broad SMARTS) is 1. The molecule has 0 aliphatic carbocycles. The fourth-order valence-corrected chi connectivity index (χ4v) is 1.45. The van der Waals surface area contributed by atoms with Crippen molar-refractivity contribution in [2.45, 2.75) is 0 Å². The second-order valence-electron chi connectivity index (χ2n) is 3.13. The lowest BCUT2D eigenvalue weighted by Crippen LogP contribution is -1.95.